The summed E-state index contributed by atoms with van der Waals surface area (Å²) in [6, 6.07) is 17.7. The van der Waals surface area contributed by atoms with Gasteiger partial charge >= 0.3 is 0 Å². The van der Waals surface area contributed by atoms with Crippen LogP contribution in [0.1, 0.15) is 15.9 Å². The first-order valence-corrected chi connectivity index (χ1v) is 9.48. The summed E-state index contributed by atoms with van der Waals surface area (Å²) in [7, 11) is 0. The second kappa shape index (κ2) is 9.00. The molecule has 0 aliphatic heterocycles. The van der Waals surface area contributed by atoms with Gasteiger partial charge in [-0.15, -0.1) is 0 Å². The van der Waals surface area contributed by atoms with Crippen LogP contribution in [0.5, 0.6) is 0 Å². The molecule has 0 bridgehead atoms. The second-order valence-corrected chi connectivity index (χ2v) is 6.73. The lowest BCUT2D eigenvalue weighted by molar-refractivity contribution is -0.115. The van der Waals surface area contributed by atoms with E-state index >= 15 is 0 Å². The number of carbonyl (C=O) groups is 2. The molecule has 4 rings (SSSR count). The summed E-state index contributed by atoms with van der Waals surface area (Å²) in [5.74, 6) is -0.522. The fourth-order valence-corrected chi connectivity index (χ4v) is 3.00. The molecule has 31 heavy (non-hydrogen) atoms. The second-order valence-electron chi connectivity index (χ2n) is 6.73. The van der Waals surface area contributed by atoms with Crippen molar-refractivity contribution < 1.29 is 14.0 Å². The molecule has 0 saturated heterocycles. The summed E-state index contributed by atoms with van der Waals surface area (Å²) in [4.78, 5) is 28.8. The van der Waals surface area contributed by atoms with Gasteiger partial charge in [0.2, 0.25) is 5.91 Å². The maximum atomic E-state index is 13.5. The van der Waals surface area contributed by atoms with Crippen LogP contribution in [0.3, 0.4) is 0 Å². The monoisotopic (exact) mass is 415 g/mol. The van der Waals surface area contributed by atoms with Crippen LogP contribution in [0.4, 0.5) is 15.9 Å². The van der Waals surface area contributed by atoms with Crippen LogP contribution in [0, 0.1) is 5.82 Å². The molecular formula is C23H18FN5O2. The van der Waals surface area contributed by atoms with Crippen LogP contribution in [-0.4, -0.2) is 26.6 Å². The summed E-state index contributed by atoms with van der Waals surface area (Å²) < 4.78 is 14.9. The Hall–Kier alpha value is -4.33. The molecule has 4 aromatic rings. The highest BCUT2D eigenvalue weighted by molar-refractivity contribution is 6.04. The van der Waals surface area contributed by atoms with Crippen molar-refractivity contribution in [3.8, 4) is 5.69 Å². The molecule has 0 fully saturated rings. The highest BCUT2D eigenvalue weighted by atomic mass is 19.1. The summed E-state index contributed by atoms with van der Waals surface area (Å²) in [6.45, 7) is 0. The minimum Gasteiger partial charge on any atom is -0.326 e. The molecule has 8 heteroatoms. The maximum Gasteiger partial charge on any atom is 0.256 e. The van der Waals surface area contributed by atoms with Crippen LogP contribution in [0.25, 0.3) is 5.69 Å². The Morgan fingerprint density at radius 2 is 1.77 bits per heavy atom. The third-order valence-corrected chi connectivity index (χ3v) is 4.46. The van der Waals surface area contributed by atoms with Crippen molar-refractivity contribution in [2.75, 3.05) is 10.6 Å². The third kappa shape index (κ3) is 4.99. The number of amides is 2. The average molecular weight is 415 g/mol. The van der Waals surface area contributed by atoms with Crippen LogP contribution in [0.15, 0.2) is 85.3 Å². The van der Waals surface area contributed by atoms with E-state index in [1.54, 1.807) is 60.9 Å². The molecule has 0 radical (unpaired) electrons. The van der Waals surface area contributed by atoms with Gasteiger partial charge in [-0.3, -0.25) is 14.6 Å². The largest absolute Gasteiger partial charge is 0.326 e. The number of rotatable bonds is 6. The first-order chi connectivity index (χ1) is 15.1. The lowest BCUT2D eigenvalue weighted by Crippen LogP contribution is -2.16. The van der Waals surface area contributed by atoms with Crippen molar-refractivity contribution in [2.45, 2.75) is 6.42 Å². The number of nitrogens with zero attached hydrogens (tertiary/aromatic N) is 3. The zero-order chi connectivity index (χ0) is 21.6. The minimum absolute atomic E-state index is 0.177. The summed E-state index contributed by atoms with van der Waals surface area (Å²) in [5.41, 5.74) is 2.28. The normalized spacial score (nSPS) is 10.5. The highest BCUT2D eigenvalue weighted by Gasteiger charge is 2.12. The molecule has 2 N–H and O–H groups in total. The van der Waals surface area contributed by atoms with Crippen LogP contribution >= 0.6 is 0 Å². The lowest BCUT2D eigenvalue weighted by Gasteiger charge is -2.10. The van der Waals surface area contributed by atoms with Gasteiger partial charge in [0.25, 0.3) is 5.91 Å². The Bertz CT molecular complexity index is 1210. The zero-order valence-electron chi connectivity index (χ0n) is 16.3. The summed E-state index contributed by atoms with van der Waals surface area (Å²) in [6.07, 6.45) is 5.01. The standard InChI is InChI=1S/C23H18FN5O2/c24-18-4-1-5-20(14-18)29-21(10-12-26-29)28-23(31)17-6-8-19(9-7-17)27-22(30)13-16-3-2-11-25-15-16/h1-12,14-15H,13H2,(H,27,30)(H,28,31). The molecular weight excluding hydrogens is 397 g/mol. The number of benzene rings is 2. The maximum absolute atomic E-state index is 13.5. The molecule has 2 amide bonds. The number of aromatic nitrogens is 3. The molecule has 2 aromatic carbocycles. The number of pyridine rings is 1. The van der Waals surface area contributed by atoms with Crippen LogP contribution < -0.4 is 10.6 Å². The van der Waals surface area contributed by atoms with E-state index < -0.39 is 5.82 Å². The van der Waals surface area contributed by atoms with E-state index in [9.17, 15) is 14.0 Å². The van der Waals surface area contributed by atoms with E-state index in [-0.39, 0.29) is 18.2 Å². The van der Waals surface area contributed by atoms with Gasteiger partial charge in [0.1, 0.15) is 11.6 Å². The predicted octanol–water partition coefficient (Wildman–Crippen LogP) is 3.84. The van der Waals surface area contributed by atoms with E-state index in [2.05, 4.69) is 20.7 Å². The fraction of sp³-hybridized carbons (Fsp3) is 0.0435. The number of hydrogen-bond acceptors (Lipinski definition) is 4. The van der Waals surface area contributed by atoms with Gasteiger partial charge < -0.3 is 10.6 Å². The zero-order valence-corrected chi connectivity index (χ0v) is 16.3. The molecule has 2 heterocycles. The van der Waals surface area contributed by atoms with Crippen molar-refractivity contribution in [2.24, 2.45) is 0 Å². The van der Waals surface area contributed by atoms with Gasteiger partial charge in [0, 0.05) is 29.7 Å². The Morgan fingerprint density at radius 1 is 0.935 bits per heavy atom. The van der Waals surface area contributed by atoms with Gasteiger partial charge in [-0.1, -0.05) is 12.1 Å². The summed E-state index contributed by atoms with van der Waals surface area (Å²) >= 11 is 0. The molecule has 0 aliphatic rings. The molecule has 154 valence electrons. The molecule has 7 nitrogen and oxygen atoms in total. The van der Waals surface area contributed by atoms with Crippen molar-refractivity contribution in [1.29, 1.82) is 0 Å². The predicted molar refractivity (Wildman–Crippen MR) is 114 cm³/mol. The van der Waals surface area contributed by atoms with Crippen molar-refractivity contribution in [3.63, 3.8) is 0 Å². The van der Waals surface area contributed by atoms with E-state index in [1.165, 1.54) is 23.0 Å². The number of anilines is 2. The average Bonchev–Trinajstić information content (AvgIpc) is 3.23. The molecule has 0 saturated carbocycles. The van der Waals surface area contributed by atoms with Gasteiger partial charge in [0.05, 0.1) is 18.3 Å². The highest BCUT2D eigenvalue weighted by Crippen LogP contribution is 2.17. The smallest absolute Gasteiger partial charge is 0.256 e. The van der Waals surface area contributed by atoms with Crippen molar-refractivity contribution in [3.05, 3.63) is 102 Å². The molecule has 0 spiro atoms. The quantitative estimate of drug-likeness (QED) is 0.501. The van der Waals surface area contributed by atoms with Crippen molar-refractivity contribution >= 4 is 23.3 Å². The molecule has 0 aliphatic carbocycles. The van der Waals surface area contributed by atoms with Gasteiger partial charge in [-0.05, 0) is 54.1 Å². The molecule has 2 aromatic heterocycles. The third-order valence-electron chi connectivity index (χ3n) is 4.46. The van der Waals surface area contributed by atoms with Crippen LogP contribution in [-0.2, 0) is 11.2 Å². The van der Waals surface area contributed by atoms with E-state index in [1.807, 2.05) is 6.07 Å². The Labute approximate surface area is 177 Å². The summed E-state index contributed by atoms with van der Waals surface area (Å²) in [5, 5.41) is 9.69. The van der Waals surface area contributed by atoms with Gasteiger partial charge in [-0.25, -0.2) is 9.07 Å². The molecule has 0 unspecified atom stereocenters. The van der Waals surface area contributed by atoms with Crippen molar-refractivity contribution in [1.82, 2.24) is 14.8 Å². The Balaban J connectivity index is 1.40. The fourth-order valence-electron chi connectivity index (χ4n) is 3.00. The van der Waals surface area contributed by atoms with Gasteiger partial charge in [0.15, 0.2) is 0 Å². The number of hydrogen-bond donors (Lipinski definition) is 2. The number of halogens is 1. The minimum atomic E-state index is -0.397. The number of carbonyl (C=O) groups excluding carboxylic acids is 2. The van der Waals surface area contributed by atoms with E-state index in [4.69, 9.17) is 0 Å². The lowest BCUT2D eigenvalue weighted by atomic mass is 10.1. The topological polar surface area (TPSA) is 88.9 Å². The first kappa shape index (κ1) is 20.0. The Morgan fingerprint density at radius 3 is 2.52 bits per heavy atom. The van der Waals surface area contributed by atoms with E-state index in [0.29, 0.717) is 22.8 Å². The van der Waals surface area contributed by atoms with Gasteiger partial charge in [-0.2, -0.15) is 5.10 Å². The number of nitrogens with one attached hydrogen (secondary N) is 2. The SMILES string of the molecule is O=C(Cc1cccnc1)Nc1ccc(C(=O)Nc2ccnn2-c2cccc(F)c2)cc1. The van der Waals surface area contributed by atoms with E-state index in [0.717, 1.165) is 5.56 Å². The molecule has 0 atom stereocenters. The first-order valence-electron chi connectivity index (χ1n) is 9.48. The Kier molecular flexibility index (Phi) is 5.79. The van der Waals surface area contributed by atoms with Crippen LogP contribution in [0.2, 0.25) is 0 Å².